The van der Waals surface area contributed by atoms with Crippen molar-refractivity contribution in [2.45, 2.75) is 18.6 Å². The molecule has 1 aromatic rings. The average Bonchev–Trinajstić information content (AvgIpc) is 2.74. The summed E-state index contributed by atoms with van der Waals surface area (Å²) >= 11 is 3.39. The number of nitrogens with zero attached hydrogens (tertiary/aromatic N) is 1. The van der Waals surface area contributed by atoms with Gasteiger partial charge in [0, 0.05) is 17.6 Å². The van der Waals surface area contributed by atoms with Gasteiger partial charge in [-0.05, 0) is 30.5 Å². The highest BCUT2D eigenvalue weighted by Crippen LogP contribution is 2.15. The highest BCUT2D eigenvalue weighted by Gasteiger charge is 2.17. The molecule has 1 fully saturated rings. The molecule has 1 aliphatic heterocycles. The number of rotatable bonds is 3. The standard InChI is InChI=1S/C11H14BrNOS/c12-11-5-3-10(4-6-11)9-15(14)13-7-1-2-8-13/h3-6H,1-2,7-9H2. The third kappa shape index (κ3) is 3.13. The molecule has 0 aromatic heterocycles. The molecule has 0 saturated carbocycles. The van der Waals surface area contributed by atoms with Gasteiger partial charge in [0.25, 0.3) is 0 Å². The summed E-state index contributed by atoms with van der Waals surface area (Å²) in [5, 5.41) is 0. The molecule has 15 heavy (non-hydrogen) atoms. The van der Waals surface area contributed by atoms with Crippen LogP contribution in [0.25, 0.3) is 0 Å². The van der Waals surface area contributed by atoms with E-state index in [2.05, 4.69) is 20.2 Å². The summed E-state index contributed by atoms with van der Waals surface area (Å²) in [5.74, 6) is 0.646. The summed E-state index contributed by atoms with van der Waals surface area (Å²) in [4.78, 5) is 0. The molecule has 4 heteroatoms. The summed E-state index contributed by atoms with van der Waals surface area (Å²) < 4.78 is 15.1. The number of benzene rings is 1. The monoisotopic (exact) mass is 287 g/mol. The van der Waals surface area contributed by atoms with E-state index in [0.717, 1.165) is 23.1 Å². The molecule has 0 spiro atoms. The Morgan fingerprint density at radius 1 is 1.20 bits per heavy atom. The Balaban J connectivity index is 1.96. The maximum atomic E-state index is 11.9. The lowest BCUT2D eigenvalue weighted by atomic mass is 10.2. The molecule has 1 aromatic carbocycles. The van der Waals surface area contributed by atoms with Crippen LogP contribution in [0, 0.1) is 0 Å². The van der Waals surface area contributed by atoms with Crippen molar-refractivity contribution in [1.82, 2.24) is 4.31 Å². The third-order valence-corrected chi connectivity index (χ3v) is 4.61. The quantitative estimate of drug-likeness (QED) is 0.837. The molecular weight excluding hydrogens is 274 g/mol. The lowest BCUT2D eigenvalue weighted by molar-refractivity contribution is 0.535. The Kier molecular flexibility index (Phi) is 3.94. The average molecular weight is 288 g/mol. The predicted octanol–water partition coefficient (Wildman–Crippen LogP) is 2.71. The van der Waals surface area contributed by atoms with E-state index >= 15 is 0 Å². The fraction of sp³-hybridized carbons (Fsp3) is 0.455. The topological polar surface area (TPSA) is 20.3 Å². The van der Waals surface area contributed by atoms with E-state index in [9.17, 15) is 4.21 Å². The molecule has 2 rings (SSSR count). The van der Waals surface area contributed by atoms with E-state index in [0.29, 0.717) is 5.75 Å². The van der Waals surface area contributed by atoms with Crippen molar-refractivity contribution in [1.29, 1.82) is 0 Å². The van der Waals surface area contributed by atoms with E-state index in [-0.39, 0.29) is 0 Å². The molecule has 0 bridgehead atoms. The van der Waals surface area contributed by atoms with E-state index < -0.39 is 11.0 Å². The Bertz CT molecular complexity index is 346. The number of halogens is 1. The van der Waals surface area contributed by atoms with Gasteiger partial charge in [-0.2, -0.15) is 0 Å². The minimum absolute atomic E-state index is 0.646. The highest BCUT2D eigenvalue weighted by atomic mass is 79.9. The highest BCUT2D eigenvalue weighted by molar-refractivity contribution is 9.10. The van der Waals surface area contributed by atoms with Crippen LogP contribution < -0.4 is 0 Å². The Hall–Kier alpha value is -0.190. The van der Waals surface area contributed by atoms with Gasteiger partial charge in [-0.1, -0.05) is 28.1 Å². The molecule has 1 unspecified atom stereocenters. The van der Waals surface area contributed by atoms with Gasteiger partial charge in [0.05, 0.1) is 16.7 Å². The smallest absolute Gasteiger partial charge is 0.0987 e. The summed E-state index contributed by atoms with van der Waals surface area (Å²) in [6.45, 7) is 1.98. The molecule has 2 nitrogen and oxygen atoms in total. The first-order valence-electron chi connectivity index (χ1n) is 5.13. The van der Waals surface area contributed by atoms with E-state index in [1.54, 1.807) is 0 Å². The second-order valence-electron chi connectivity index (χ2n) is 3.73. The summed E-state index contributed by atoms with van der Waals surface area (Å²) in [7, 11) is -0.835. The van der Waals surface area contributed by atoms with Gasteiger partial charge < -0.3 is 0 Å². The van der Waals surface area contributed by atoms with Crippen molar-refractivity contribution in [3.63, 3.8) is 0 Å². The SMILES string of the molecule is O=S(Cc1ccc(Br)cc1)N1CCCC1. The molecule has 0 radical (unpaired) electrons. The second-order valence-corrected chi connectivity index (χ2v) is 6.09. The largest absolute Gasteiger partial charge is 0.242 e. The van der Waals surface area contributed by atoms with Crippen molar-refractivity contribution in [2.24, 2.45) is 0 Å². The van der Waals surface area contributed by atoms with Crippen LogP contribution in [0.15, 0.2) is 28.7 Å². The van der Waals surface area contributed by atoms with Crippen molar-refractivity contribution < 1.29 is 4.21 Å². The Morgan fingerprint density at radius 2 is 1.80 bits per heavy atom. The Labute approximate surface area is 101 Å². The summed E-state index contributed by atoms with van der Waals surface area (Å²) in [5.41, 5.74) is 1.14. The molecular formula is C11H14BrNOS. The van der Waals surface area contributed by atoms with Crippen LogP contribution in [0.2, 0.25) is 0 Å². The molecule has 0 aliphatic carbocycles. The van der Waals surface area contributed by atoms with E-state index in [4.69, 9.17) is 0 Å². The lowest BCUT2D eigenvalue weighted by Gasteiger charge is -2.13. The number of hydrogen-bond acceptors (Lipinski definition) is 1. The van der Waals surface area contributed by atoms with Crippen LogP contribution in [0.5, 0.6) is 0 Å². The first-order chi connectivity index (χ1) is 7.25. The van der Waals surface area contributed by atoms with Crippen molar-refractivity contribution in [3.8, 4) is 0 Å². The van der Waals surface area contributed by atoms with Crippen LogP contribution in [0.4, 0.5) is 0 Å². The zero-order valence-corrected chi connectivity index (χ0v) is 10.9. The van der Waals surface area contributed by atoms with Gasteiger partial charge in [0.15, 0.2) is 0 Å². The van der Waals surface area contributed by atoms with Crippen LogP contribution >= 0.6 is 15.9 Å². The van der Waals surface area contributed by atoms with Gasteiger partial charge in [0.2, 0.25) is 0 Å². The molecule has 1 atom stereocenters. The maximum absolute atomic E-state index is 11.9. The van der Waals surface area contributed by atoms with Crippen LogP contribution in [-0.2, 0) is 16.7 Å². The molecule has 0 N–H and O–H groups in total. The molecule has 0 amide bonds. The molecule has 1 saturated heterocycles. The number of hydrogen-bond donors (Lipinski definition) is 0. The van der Waals surface area contributed by atoms with Crippen LogP contribution in [0.1, 0.15) is 18.4 Å². The zero-order chi connectivity index (χ0) is 10.7. The maximum Gasteiger partial charge on any atom is 0.0987 e. The van der Waals surface area contributed by atoms with E-state index in [1.807, 2.05) is 24.3 Å². The zero-order valence-electron chi connectivity index (χ0n) is 8.49. The first kappa shape index (κ1) is 11.3. The third-order valence-electron chi connectivity index (χ3n) is 2.56. The minimum atomic E-state index is -0.835. The summed E-state index contributed by atoms with van der Waals surface area (Å²) in [6, 6.07) is 8.04. The van der Waals surface area contributed by atoms with Crippen LogP contribution in [-0.4, -0.2) is 21.6 Å². The fourth-order valence-electron chi connectivity index (χ4n) is 1.71. The van der Waals surface area contributed by atoms with Gasteiger partial charge in [0.1, 0.15) is 0 Å². The van der Waals surface area contributed by atoms with E-state index in [1.165, 1.54) is 12.8 Å². The van der Waals surface area contributed by atoms with Gasteiger partial charge in [-0.3, -0.25) is 0 Å². The molecule has 1 aliphatic rings. The van der Waals surface area contributed by atoms with Gasteiger partial charge in [-0.15, -0.1) is 0 Å². The Morgan fingerprint density at radius 3 is 2.40 bits per heavy atom. The summed E-state index contributed by atoms with van der Waals surface area (Å²) in [6.07, 6.45) is 2.37. The second kappa shape index (κ2) is 5.23. The van der Waals surface area contributed by atoms with Crippen molar-refractivity contribution in [3.05, 3.63) is 34.3 Å². The first-order valence-corrected chi connectivity index (χ1v) is 7.20. The predicted molar refractivity (Wildman–Crippen MR) is 66.8 cm³/mol. The molecule has 82 valence electrons. The lowest BCUT2D eigenvalue weighted by Crippen LogP contribution is -2.23. The van der Waals surface area contributed by atoms with Gasteiger partial charge in [-0.25, -0.2) is 8.51 Å². The normalized spacial score (nSPS) is 19.3. The van der Waals surface area contributed by atoms with Crippen LogP contribution in [0.3, 0.4) is 0 Å². The van der Waals surface area contributed by atoms with Crippen molar-refractivity contribution >= 4 is 26.9 Å². The van der Waals surface area contributed by atoms with Gasteiger partial charge >= 0.3 is 0 Å². The van der Waals surface area contributed by atoms with Crippen molar-refractivity contribution in [2.75, 3.05) is 13.1 Å². The molecule has 1 heterocycles. The fourth-order valence-corrected chi connectivity index (χ4v) is 3.30. The minimum Gasteiger partial charge on any atom is -0.242 e.